The van der Waals surface area contributed by atoms with Crippen LogP contribution in [0.2, 0.25) is 0 Å². The van der Waals surface area contributed by atoms with Gasteiger partial charge in [0.1, 0.15) is 23.9 Å². The van der Waals surface area contributed by atoms with Crippen LogP contribution in [-0.4, -0.2) is 26.7 Å². The van der Waals surface area contributed by atoms with E-state index in [-0.39, 0.29) is 23.4 Å². The Morgan fingerprint density at radius 2 is 1.68 bits per heavy atom. The number of likely N-dealkylation sites (tertiary alicyclic amines) is 1. The number of aromatic nitrogens is 1. The minimum absolute atomic E-state index is 0.0688. The van der Waals surface area contributed by atoms with Gasteiger partial charge >= 0.3 is 0 Å². The summed E-state index contributed by atoms with van der Waals surface area (Å²) in [6.45, 7) is 0.453. The summed E-state index contributed by atoms with van der Waals surface area (Å²) < 4.78 is 19.5. The van der Waals surface area contributed by atoms with Gasteiger partial charge in [0.05, 0.1) is 11.6 Å². The first-order valence-corrected chi connectivity index (χ1v) is 11.7. The van der Waals surface area contributed by atoms with Crippen molar-refractivity contribution in [3.05, 3.63) is 137 Å². The smallest absolute Gasteiger partial charge is 0.295 e. The van der Waals surface area contributed by atoms with Gasteiger partial charge in [-0.1, -0.05) is 48.5 Å². The number of Topliss-reactive ketones (excluding diaryl/α,β-unsaturated/α-hetero) is 1. The van der Waals surface area contributed by atoms with E-state index in [1.54, 1.807) is 42.7 Å². The number of nitrogens with zero attached hydrogens (tertiary/aromatic N) is 2. The zero-order valence-corrected chi connectivity index (χ0v) is 19.8. The Morgan fingerprint density at radius 1 is 0.919 bits per heavy atom. The second-order valence-corrected chi connectivity index (χ2v) is 8.64. The van der Waals surface area contributed by atoms with Crippen molar-refractivity contribution in [2.24, 2.45) is 0 Å². The van der Waals surface area contributed by atoms with Gasteiger partial charge in [0.2, 0.25) is 0 Å². The van der Waals surface area contributed by atoms with Gasteiger partial charge in [-0.2, -0.15) is 0 Å². The van der Waals surface area contributed by atoms with Gasteiger partial charge in [-0.05, 0) is 59.2 Å². The molecule has 1 aliphatic rings. The summed E-state index contributed by atoms with van der Waals surface area (Å²) in [5.74, 6) is -1.85. The van der Waals surface area contributed by atoms with Crippen LogP contribution in [-0.2, 0) is 22.7 Å². The molecule has 6 nitrogen and oxygen atoms in total. The lowest BCUT2D eigenvalue weighted by atomic mass is 9.95. The molecule has 1 aliphatic heterocycles. The highest BCUT2D eigenvalue weighted by Gasteiger charge is 2.46. The number of aliphatic hydroxyl groups is 1. The third-order valence-electron chi connectivity index (χ3n) is 6.16. The molecule has 0 radical (unpaired) electrons. The van der Waals surface area contributed by atoms with E-state index in [1.807, 2.05) is 36.4 Å². The second kappa shape index (κ2) is 10.5. The molecule has 1 N–H and O–H groups in total. The molecule has 0 unspecified atom stereocenters. The Balaban J connectivity index is 1.56. The maximum absolute atomic E-state index is 13.5. The van der Waals surface area contributed by atoms with Gasteiger partial charge in [-0.15, -0.1) is 0 Å². The predicted octanol–water partition coefficient (Wildman–Crippen LogP) is 5.42. The molecule has 37 heavy (non-hydrogen) atoms. The van der Waals surface area contributed by atoms with Crippen molar-refractivity contribution in [1.29, 1.82) is 0 Å². The van der Waals surface area contributed by atoms with Crippen LogP contribution in [0.25, 0.3) is 5.76 Å². The molecule has 184 valence electrons. The summed E-state index contributed by atoms with van der Waals surface area (Å²) in [5.41, 5.74) is 2.49. The van der Waals surface area contributed by atoms with E-state index in [9.17, 15) is 19.1 Å². The van der Waals surface area contributed by atoms with Gasteiger partial charge in [0.25, 0.3) is 11.7 Å². The molecule has 1 atom stereocenters. The zero-order valence-electron chi connectivity index (χ0n) is 19.8. The lowest BCUT2D eigenvalue weighted by Gasteiger charge is -2.25. The molecule has 0 aliphatic carbocycles. The third-order valence-corrected chi connectivity index (χ3v) is 6.16. The number of pyridine rings is 1. The fraction of sp³-hybridized carbons (Fsp3) is 0.100. The number of ketones is 1. The number of carbonyl (C=O) groups excluding carboxylic acids is 2. The van der Waals surface area contributed by atoms with Gasteiger partial charge in [-0.3, -0.25) is 14.6 Å². The highest BCUT2D eigenvalue weighted by Crippen LogP contribution is 2.41. The number of carbonyl (C=O) groups is 2. The van der Waals surface area contributed by atoms with Crippen molar-refractivity contribution in [2.45, 2.75) is 19.2 Å². The average Bonchev–Trinajstić information content (AvgIpc) is 3.18. The molecule has 5 rings (SSSR count). The van der Waals surface area contributed by atoms with Gasteiger partial charge in [-0.25, -0.2) is 4.39 Å². The number of rotatable bonds is 7. The summed E-state index contributed by atoms with van der Waals surface area (Å²) in [5, 5.41) is 11.2. The molecule has 7 heteroatoms. The SMILES string of the molecule is O=C1C(=O)N(Cc2cccnc2)[C@@H](c2cccc(OCc3ccccc3)c2)C1=C(O)c1ccc(F)cc1. The topological polar surface area (TPSA) is 79.7 Å². The molecule has 1 aromatic heterocycles. The molecule has 1 amide bonds. The maximum atomic E-state index is 13.5. The summed E-state index contributed by atoms with van der Waals surface area (Å²) >= 11 is 0. The van der Waals surface area contributed by atoms with Crippen LogP contribution in [0.4, 0.5) is 4.39 Å². The summed E-state index contributed by atoms with van der Waals surface area (Å²) in [6, 6.07) is 24.6. The lowest BCUT2D eigenvalue weighted by Crippen LogP contribution is -2.29. The third kappa shape index (κ3) is 5.11. The van der Waals surface area contributed by atoms with E-state index in [4.69, 9.17) is 4.74 Å². The highest BCUT2D eigenvalue weighted by atomic mass is 19.1. The molecule has 3 aromatic carbocycles. The Kier molecular flexibility index (Phi) is 6.76. The number of aliphatic hydroxyl groups excluding tert-OH is 1. The maximum Gasteiger partial charge on any atom is 0.295 e. The number of amides is 1. The van der Waals surface area contributed by atoms with Crippen molar-refractivity contribution in [1.82, 2.24) is 9.88 Å². The average molecular weight is 495 g/mol. The molecular weight excluding hydrogens is 471 g/mol. The summed E-state index contributed by atoms with van der Waals surface area (Å²) in [6.07, 6.45) is 3.24. The van der Waals surface area contributed by atoms with Crippen molar-refractivity contribution in [2.75, 3.05) is 0 Å². The van der Waals surface area contributed by atoms with Crippen molar-refractivity contribution in [3.8, 4) is 5.75 Å². The molecule has 0 saturated carbocycles. The minimum atomic E-state index is -0.884. The normalized spacial score (nSPS) is 16.7. The Morgan fingerprint density at radius 3 is 2.41 bits per heavy atom. The Labute approximate surface area is 213 Å². The minimum Gasteiger partial charge on any atom is -0.507 e. The quantitative estimate of drug-likeness (QED) is 0.211. The number of benzene rings is 3. The largest absolute Gasteiger partial charge is 0.507 e. The monoisotopic (exact) mass is 494 g/mol. The molecule has 2 heterocycles. The summed E-state index contributed by atoms with van der Waals surface area (Å²) in [7, 11) is 0. The first-order chi connectivity index (χ1) is 18.0. The van der Waals surface area contributed by atoms with Crippen LogP contribution < -0.4 is 4.74 Å². The number of hydrogen-bond donors (Lipinski definition) is 1. The molecule has 0 spiro atoms. The predicted molar refractivity (Wildman–Crippen MR) is 136 cm³/mol. The Bertz CT molecular complexity index is 1450. The molecule has 0 bridgehead atoms. The van der Waals surface area contributed by atoms with Crippen LogP contribution in [0.5, 0.6) is 5.75 Å². The van der Waals surface area contributed by atoms with Crippen LogP contribution in [0.3, 0.4) is 0 Å². The number of halogens is 1. The van der Waals surface area contributed by atoms with Crippen LogP contribution >= 0.6 is 0 Å². The zero-order chi connectivity index (χ0) is 25.8. The van der Waals surface area contributed by atoms with Crippen molar-refractivity contribution in [3.63, 3.8) is 0 Å². The molecule has 4 aromatic rings. The molecule has 1 saturated heterocycles. The van der Waals surface area contributed by atoms with E-state index in [0.29, 0.717) is 17.9 Å². The van der Waals surface area contributed by atoms with E-state index in [0.717, 1.165) is 11.1 Å². The first-order valence-electron chi connectivity index (χ1n) is 11.7. The van der Waals surface area contributed by atoms with Crippen LogP contribution in [0, 0.1) is 5.82 Å². The van der Waals surface area contributed by atoms with Gasteiger partial charge in [0, 0.05) is 24.5 Å². The van der Waals surface area contributed by atoms with Crippen LogP contribution in [0.15, 0.2) is 109 Å². The van der Waals surface area contributed by atoms with Crippen LogP contribution in [0.1, 0.15) is 28.3 Å². The first kappa shape index (κ1) is 23.9. The lowest BCUT2D eigenvalue weighted by molar-refractivity contribution is -0.140. The van der Waals surface area contributed by atoms with E-state index in [2.05, 4.69) is 4.98 Å². The number of hydrogen-bond acceptors (Lipinski definition) is 5. The van der Waals surface area contributed by atoms with Gasteiger partial charge < -0.3 is 14.7 Å². The van der Waals surface area contributed by atoms with E-state index in [1.165, 1.54) is 29.2 Å². The van der Waals surface area contributed by atoms with Gasteiger partial charge in [0.15, 0.2) is 0 Å². The summed E-state index contributed by atoms with van der Waals surface area (Å²) in [4.78, 5) is 32.0. The fourth-order valence-electron chi connectivity index (χ4n) is 4.36. The second-order valence-electron chi connectivity index (χ2n) is 8.64. The Hall–Kier alpha value is -4.78. The van der Waals surface area contributed by atoms with E-state index < -0.39 is 23.5 Å². The standard InChI is InChI=1S/C30H23FN2O4/c31-24-13-11-22(12-14-24)28(34)26-27(33(30(36)29(26)35)18-21-8-5-15-32-17-21)23-9-4-10-25(16-23)37-19-20-6-2-1-3-7-20/h1-17,27,34H,18-19H2/t27-/m0/s1. The highest BCUT2D eigenvalue weighted by molar-refractivity contribution is 6.46. The molecular formula is C30H23FN2O4. The van der Waals surface area contributed by atoms with Crippen molar-refractivity contribution >= 4 is 17.4 Å². The van der Waals surface area contributed by atoms with Crippen molar-refractivity contribution < 1.29 is 23.8 Å². The van der Waals surface area contributed by atoms with E-state index >= 15 is 0 Å². The molecule has 1 fully saturated rings. The number of ether oxygens (including phenoxy) is 1. The fourth-order valence-corrected chi connectivity index (χ4v) is 4.36.